The van der Waals surface area contributed by atoms with Crippen molar-refractivity contribution in [2.75, 3.05) is 39.3 Å². The van der Waals surface area contributed by atoms with Crippen LogP contribution in [0.5, 0.6) is 0 Å². The highest BCUT2D eigenvalue weighted by atomic mass is 79.9. The summed E-state index contributed by atoms with van der Waals surface area (Å²) in [4.78, 5) is 4.86. The molecule has 3 heterocycles. The predicted molar refractivity (Wildman–Crippen MR) is 118 cm³/mol. The van der Waals surface area contributed by atoms with Gasteiger partial charge in [0.2, 0.25) is 0 Å². The third-order valence-electron chi connectivity index (χ3n) is 5.55. The molecule has 3 aromatic rings. The molecule has 9 heteroatoms. The quantitative estimate of drug-likeness (QED) is 0.516. The van der Waals surface area contributed by atoms with Crippen molar-refractivity contribution < 1.29 is 14.6 Å². The third-order valence-corrected chi connectivity index (χ3v) is 6.01. The van der Waals surface area contributed by atoms with Gasteiger partial charge >= 0.3 is 0 Å². The number of hydrogen-bond donors (Lipinski definition) is 2. The maximum absolute atomic E-state index is 9.76. The number of halogens is 1. The van der Waals surface area contributed by atoms with E-state index in [1.807, 2.05) is 23.7 Å². The Labute approximate surface area is 183 Å². The van der Waals surface area contributed by atoms with Crippen LogP contribution in [0, 0.1) is 6.92 Å². The number of methoxy groups -OCH3 is 2. The Morgan fingerprint density at radius 2 is 2.13 bits per heavy atom. The number of benzene rings is 1. The molecule has 2 unspecified atom stereocenters. The van der Waals surface area contributed by atoms with Crippen molar-refractivity contribution in [3.63, 3.8) is 0 Å². The van der Waals surface area contributed by atoms with E-state index in [0.717, 1.165) is 50.1 Å². The van der Waals surface area contributed by atoms with Gasteiger partial charge in [-0.15, -0.1) is 5.10 Å². The number of aromatic nitrogens is 4. The molecule has 0 fully saturated rings. The molecule has 160 valence electrons. The number of aliphatic hydroxyl groups is 1. The largest absolute Gasteiger partial charge is 0.392 e. The second-order valence-corrected chi connectivity index (χ2v) is 8.48. The van der Waals surface area contributed by atoms with Crippen LogP contribution >= 0.6 is 15.9 Å². The minimum atomic E-state index is -0.0213. The topological polar surface area (TPSA) is 94.3 Å². The lowest BCUT2D eigenvalue weighted by Crippen LogP contribution is -2.18. The van der Waals surface area contributed by atoms with Gasteiger partial charge in [-0.05, 0) is 37.1 Å². The van der Waals surface area contributed by atoms with E-state index in [4.69, 9.17) is 14.5 Å². The number of anilines is 1. The number of nitrogens with zero attached hydrogens (tertiary/aromatic N) is 4. The molecule has 0 saturated heterocycles. The Balaban J connectivity index is 1.81. The molecule has 1 aliphatic rings. The van der Waals surface area contributed by atoms with Gasteiger partial charge in [0, 0.05) is 54.7 Å². The first kappa shape index (κ1) is 21.2. The Morgan fingerprint density at radius 3 is 2.87 bits per heavy atom. The van der Waals surface area contributed by atoms with Crippen LogP contribution in [0.3, 0.4) is 0 Å². The molecule has 0 saturated carbocycles. The molecule has 0 amide bonds. The van der Waals surface area contributed by atoms with E-state index < -0.39 is 0 Å². The Kier molecular flexibility index (Phi) is 6.33. The van der Waals surface area contributed by atoms with Gasteiger partial charge in [0.25, 0.3) is 0 Å². The second-order valence-electron chi connectivity index (χ2n) is 7.56. The SMILES string of the molecule is COCCC(COC)n1nnc2c(C3CNc4c(CO)cc(Br)cc43)nc(C)cc21. The number of pyridine rings is 1. The summed E-state index contributed by atoms with van der Waals surface area (Å²) in [6, 6.07) is 6.08. The number of aryl methyl sites for hydroxylation is 1. The zero-order valence-corrected chi connectivity index (χ0v) is 18.9. The smallest absolute Gasteiger partial charge is 0.135 e. The van der Waals surface area contributed by atoms with Gasteiger partial charge < -0.3 is 19.9 Å². The van der Waals surface area contributed by atoms with Crippen LogP contribution in [0.4, 0.5) is 5.69 Å². The van der Waals surface area contributed by atoms with E-state index in [-0.39, 0.29) is 18.6 Å². The summed E-state index contributed by atoms with van der Waals surface area (Å²) < 4.78 is 13.6. The lowest BCUT2D eigenvalue weighted by Gasteiger charge is -2.17. The molecule has 4 rings (SSSR count). The summed E-state index contributed by atoms with van der Waals surface area (Å²) >= 11 is 3.57. The van der Waals surface area contributed by atoms with E-state index in [0.29, 0.717) is 19.8 Å². The van der Waals surface area contributed by atoms with Crippen LogP contribution < -0.4 is 5.32 Å². The maximum Gasteiger partial charge on any atom is 0.135 e. The Bertz CT molecular complexity index is 1050. The van der Waals surface area contributed by atoms with Gasteiger partial charge in [-0.25, -0.2) is 4.68 Å². The molecular formula is C21H26BrN5O3. The van der Waals surface area contributed by atoms with Crippen LogP contribution in [-0.2, 0) is 16.1 Å². The van der Waals surface area contributed by atoms with E-state index >= 15 is 0 Å². The number of aliphatic hydroxyl groups excluding tert-OH is 1. The van der Waals surface area contributed by atoms with Gasteiger partial charge in [0.05, 0.1) is 30.5 Å². The molecule has 2 aromatic heterocycles. The minimum Gasteiger partial charge on any atom is -0.392 e. The number of fused-ring (bicyclic) bond motifs is 2. The molecular weight excluding hydrogens is 450 g/mol. The van der Waals surface area contributed by atoms with Crippen molar-refractivity contribution >= 4 is 32.7 Å². The first-order valence-electron chi connectivity index (χ1n) is 9.94. The highest BCUT2D eigenvalue weighted by molar-refractivity contribution is 9.10. The standard InChI is InChI=1S/C21H26BrN5O3/c1-12-6-18-21(25-26-27(18)15(11-30-3)4-5-29-2)20(24-12)17-9-23-19-13(10-28)7-14(22)8-16(17)19/h6-8,15,17,23,28H,4-5,9-11H2,1-3H3. The highest BCUT2D eigenvalue weighted by Crippen LogP contribution is 2.41. The Morgan fingerprint density at radius 1 is 1.30 bits per heavy atom. The summed E-state index contributed by atoms with van der Waals surface area (Å²) in [6.07, 6.45) is 0.778. The van der Waals surface area contributed by atoms with Crippen molar-refractivity contribution in [3.05, 3.63) is 45.2 Å². The van der Waals surface area contributed by atoms with E-state index in [1.54, 1.807) is 14.2 Å². The summed E-state index contributed by atoms with van der Waals surface area (Å²) in [7, 11) is 3.38. The van der Waals surface area contributed by atoms with Crippen molar-refractivity contribution in [3.8, 4) is 0 Å². The van der Waals surface area contributed by atoms with Crippen LogP contribution in [0.25, 0.3) is 11.0 Å². The highest BCUT2D eigenvalue weighted by Gasteiger charge is 2.31. The lowest BCUT2D eigenvalue weighted by atomic mass is 9.94. The van der Waals surface area contributed by atoms with Crippen molar-refractivity contribution in [1.29, 1.82) is 0 Å². The third kappa shape index (κ3) is 3.82. The molecule has 8 nitrogen and oxygen atoms in total. The fraction of sp³-hybridized carbons (Fsp3) is 0.476. The lowest BCUT2D eigenvalue weighted by molar-refractivity contribution is 0.117. The zero-order chi connectivity index (χ0) is 21.3. The predicted octanol–water partition coefficient (Wildman–Crippen LogP) is 3.17. The molecule has 30 heavy (non-hydrogen) atoms. The average Bonchev–Trinajstić information content (AvgIpc) is 3.34. The number of hydrogen-bond acceptors (Lipinski definition) is 7. The van der Waals surface area contributed by atoms with Crippen molar-refractivity contribution in [2.45, 2.75) is 31.9 Å². The first-order valence-corrected chi connectivity index (χ1v) is 10.7. The minimum absolute atomic E-state index is 0.0213. The van der Waals surface area contributed by atoms with Crippen LogP contribution in [0.1, 0.15) is 40.9 Å². The van der Waals surface area contributed by atoms with Crippen LogP contribution in [-0.4, -0.2) is 59.1 Å². The molecule has 0 bridgehead atoms. The normalized spacial score (nSPS) is 16.6. The molecule has 0 radical (unpaired) electrons. The van der Waals surface area contributed by atoms with E-state index in [2.05, 4.69) is 37.6 Å². The van der Waals surface area contributed by atoms with Gasteiger partial charge in [0.1, 0.15) is 5.52 Å². The molecule has 0 aliphatic carbocycles. The zero-order valence-electron chi connectivity index (χ0n) is 17.4. The monoisotopic (exact) mass is 475 g/mol. The molecule has 2 atom stereocenters. The molecule has 1 aliphatic heterocycles. The second kappa shape index (κ2) is 8.97. The summed E-state index contributed by atoms with van der Waals surface area (Å²) in [5, 5.41) is 22.2. The molecule has 0 spiro atoms. The number of rotatable bonds is 8. The fourth-order valence-corrected chi connectivity index (χ4v) is 4.71. The van der Waals surface area contributed by atoms with Gasteiger partial charge in [-0.1, -0.05) is 21.1 Å². The first-order chi connectivity index (χ1) is 14.6. The van der Waals surface area contributed by atoms with Gasteiger partial charge in [-0.3, -0.25) is 4.98 Å². The molecule has 2 N–H and O–H groups in total. The fourth-order valence-electron chi connectivity index (χ4n) is 4.19. The van der Waals surface area contributed by atoms with Crippen LogP contribution in [0.2, 0.25) is 0 Å². The number of nitrogens with one attached hydrogen (secondary N) is 1. The summed E-state index contributed by atoms with van der Waals surface area (Å²) in [5.41, 5.74) is 6.50. The summed E-state index contributed by atoms with van der Waals surface area (Å²) in [6.45, 7) is 3.81. The van der Waals surface area contributed by atoms with E-state index in [1.165, 1.54) is 0 Å². The molecule has 1 aromatic carbocycles. The number of ether oxygens (including phenoxy) is 2. The maximum atomic E-state index is 9.76. The summed E-state index contributed by atoms with van der Waals surface area (Å²) in [5.74, 6) is 0.0233. The Hall–Kier alpha value is -2.07. The van der Waals surface area contributed by atoms with Crippen LogP contribution in [0.15, 0.2) is 22.7 Å². The van der Waals surface area contributed by atoms with Gasteiger partial charge in [0.15, 0.2) is 0 Å². The van der Waals surface area contributed by atoms with Crippen molar-refractivity contribution in [2.24, 2.45) is 0 Å². The van der Waals surface area contributed by atoms with E-state index in [9.17, 15) is 5.11 Å². The van der Waals surface area contributed by atoms with Gasteiger partial charge in [-0.2, -0.15) is 0 Å². The van der Waals surface area contributed by atoms with Crippen molar-refractivity contribution in [1.82, 2.24) is 20.0 Å². The average molecular weight is 476 g/mol.